The van der Waals surface area contributed by atoms with Crippen LogP contribution in [0.4, 0.5) is 14.5 Å². The summed E-state index contributed by atoms with van der Waals surface area (Å²) < 4.78 is 26.7. The Morgan fingerprint density at radius 1 is 1.24 bits per heavy atom. The Bertz CT molecular complexity index is 965. The Hall–Kier alpha value is -2.90. The molecule has 2 amide bonds. The molecule has 4 N–H and O–H groups in total. The van der Waals surface area contributed by atoms with E-state index in [0.29, 0.717) is 25.8 Å². The van der Waals surface area contributed by atoms with Crippen molar-refractivity contribution in [2.75, 3.05) is 25.5 Å². The van der Waals surface area contributed by atoms with Gasteiger partial charge in [-0.05, 0) is 49.1 Å². The van der Waals surface area contributed by atoms with Crippen molar-refractivity contribution in [3.05, 3.63) is 65.2 Å². The second kappa shape index (κ2) is 13.1. The molecule has 2 unspecified atom stereocenters. The van der Waals surface area contributed by atoms with Crippen molar-refractivity contribution < 1.29 is 23.2 Å². The third kappa shape index (κ3) is 8.15. The molecule has 2 aromatic carbocycles. The number of benzene rings is 2. The summed E-state index contributed by atoms with van der Waals surface area (Å²) in [6, 6.07) is 12.4. The Balaban J connectivity index is 0.000000340. The number of anilines is 1. The van der Waals surface area contributed by atoms with Crippen molar-refractivity contribution in [2.24, 2.45) is 5.73 Å². The van der Waals surface area contributed by atoms with Crippen molar-refractivity contribution in [1.29, 1.82) is 0 Å². The molecule has 0 saturated carbocycles. The number of aldehydes is 1. The first-order valence-corrected chi connectivity index (χ1v) is 11.5. The average molecular weight is 493 g/mol. The van der Waals surface area contributed by atoms with Crippen LogP contribution in [-0.2, 0) is 21.8 Å². The van der Waals surface area contributed by atoms with Crippen molar-refractivity contribution in [3.8, 4) is 0 Å². The summed E-state index contributed by atoms with van der Waals surface area (Å²) in [5.74, 6) is -0.905. The monoisotopic (exact) mass is 492 g/mol. The second-order valence-electron chi connectivity index (χ2n) is 7.83. The summed E-state index contributed by atoms with van der Waals surface area (Å²) in [4.78, 5) is 36.7. The fourth-order valence-corrected chi connectivity index (χ4v) is 3.65. The molecule has 184 valence electrons. The molecule has 0 aliphatic carbocycles. The first-order chi connectivity index (χ1) is 16.2. The molecule has 2 aromatic rings. The quantitative estimate of drug-likeness (QED) is 0.407. The highest BCUT2D eigenvalue weighted by molar-refractivity contribution is 7.17. The van der Waals surface area contributed by atoms with Gasteiger partial charge in [-0.2, -0.15) is 8.78 Å². The number of hydrogen-bond acceptors (Lipinski definition) is 5. The van der Waals surface area contributed by atoms with E-state index in [1.165, 1.54) is 32.3 Å². The number of nitrogens with two attached hydrogens (primary N) is 1. The zero-order valence-electron chi connectivity index (χ0n) is 19.1. The minimum atomic E-state index is -3.13. The molecule has 1 fully saturated rings. The van der Waals surface area contributed by atoms with Crippen molar-refractivity contribution in [3.63, 3.8) is 0 Å². The molecule has 1 aliphatic rings. The Labute approximate surface area is 200 Å². The molecule has 0 spiro atoms. The largest absolute Gasteiger partial charge is 0.388 e. The van der Waals surface area contributed by atoms with Crippen LogP contribution in [0.3, 0.4) is 0 Å². The number of likely N-dealkylation sites (tertiary alicyclic amines) is 1. The zero-order valence-corrected chi connectivity index (χ0v) is 20.3. The Morgan fingerprint density at radius 2 is 1.97 bits per heavy atom. The number of carbonyl (C=O) groups excluding carboxylic acids is 3. The van der Waals surface area contributed by atoms with Gasteiger partial charge in [0.15, 0.2) is 0 Å². The van der Waals surface area contributed by atoms with Crippen LogP contribution in [0, 0.1) is 0 Å². The van der Waals surface area contributed by atoms with Gasteiger partial charge in [-0.25, -0.2) is 0 Å². The number of halogens is 2. The van der Waals surface area contributed by atoms with Crippen molar-refractivity contribution in [2.45, 2.75) is 37.5 Å². The summed E-state index contributed by atoms with van der Waals surface area (Å²) >= 11 is 0. The number of nitrogens with zero attached hydrogens (tertiary/aromatic N) is 1. The van der Waals surface area contributed by atoms with Crippen LogP contribution in [-0.4, -0.2) is 49.2 Å². The lowest BCUT2D eigenvalue weighted by atomic mass is 10.1. The van der Waals surface area contributed by atoms with Crippen LogP contribution >= 0.6 is 9.24 Å². The number of nitrogens with one attached hydrogen (secondary N) is 2. The zero-order chi connectivity index (χ0) is 25.1. The summed E-state index contributed by atoms with van der Waals surface area (Å²) in [5, 5.41) is 5.64. The highest BCUT2D eigenvalue weighted by Crippen LogP contribution is 2.34. The van der Waals surface area contributed by atoms with Gasteiger partial charge in [0.2, 0.25) is 5.91 Å². The predicted octanol–water partition coefficient (Wildman–Crippen LogP) is 3.11. The highest BCUT2D eigenvalue weighted by Gasteiger charge is 2.29. The van der Waals surface area contributed by atoms with E-state index < -0.39 is 17.6 Å². The van der Waals surface area contributed by atoms with Gasteiger partial charge in [-0.3, -0.25) is 9.59 Å². The summed E-state index contributed by atoms with van der Waals surface area (Å²) in [5.41, 5.74) is 4.36. The smallest absolute Gasteiger partial charge is 0.283 e. The van der Waals surface area contributed by atoms with E-state index in [0.717, 1.165) is 30.2 Å². The Morgan fingerprint density at radius 3 is 2.62 bits per heavy atom. The van der Waals surface area contributed by atoms with E-state index in [9.17, 15) is 23.2 Å². The molecule has 0 aromatic heterocycles. The second-order valence-corrected chi connectivity index (χ2v) is 8.56. The number of amides is 2. The van der Waals surface area contributed by atoms with Gasteiger partial charge < -0.3 is 26.1 Å². The topological polar surface area (TPSA) is 105 Å². The maximum absolute atomic E-state index is 13.3. The van der Waals surface area contributed by atoms with Crippen LogP contribution in [0.2, 0.25) is 0 Å². The molecule has 0 bridgehead atoms. The van der Waals surface area contributed by atoms with E-state index in [2.05, 4.69) is 10.6 Å². The molecular formula is C24H31F2N4O3P. The highest BCUT2D eigenvalue weighted by atomic mass is 31.0. The molecule has 1 aliphatic heterocycles. The van der Waals surface area contributed by atoms with Gasteiger partial charge in [0.05, 0.1) is 6.54 Å². The van der Waals surface area contributed by atoms with Gasteiger partial charge in [0, 0.05) is 37.0 Å². The average Bonchev–Trinajstić information content (AvgIpc) is 3.00. The fourth-order valence-electron chi connectivity index (χ4n) is 3.47. The third-order valence-electron chi connectivity index (χ3n) is 5.34. The molecule has 10 heteroatoms. The third-order valence-corrected chi connectivity index (χ3v) is 5.68. The molecule has 0 radical (unpaired) electrons. The standard InChI is InChI=1S/C16H19F2N2O3P.C8H12N2/c17-16(18,24)12-5-3-4-11(10-12)14(22)19-13-6-1-2-7-20(8-9-21)15(13)23;1-10-8-4-2-3-7(5-8)6-9/h3-5,9-10,13H,1-2,6-8,24H2,(H,19,22);2-5,10H,6,9H2,1H3. The fraction of sp³-hybridized carbons (Fsp3) is 0.375. The van der Waals surface area contributed by atoms with Crippen LogP contribution in [0.1, 0.15) is 40.7 Å². The van der Waals surface area contributed by atoms with E-state index >= 15 is 0 Å². The van der Waals surface area contributed by atoms with Crippen LogP contribution in [0.5, 0.6) is 0 Å². The van der Waals surface area contributed by atoms with Gasteiger partial charge in [-0.1, -0.05) is 33.5 Å². The predicted molar refractivity (Wildman–Crippen MR) is 132 cm³/mol. The SMILES string of the molecule is CNc1cccc(CN)c1.O=CCN1CCCCC(NC(=O)c2cccc(C(F)(F)P)c2)C1=O. The maximum Gasteiger partial charge on any atom is 0.283 e. The molecular weight excluding hydrogens is 461 g/mol. The lowest BCUT2D eigenvalue weighted by Gasteiger charge is -2.23. The summed E-state index contributed by atoms with van der Waals surface area (Å²) in [6.45, 7) is 1.06. The van der Waals surface area contributed by atoms with Gasteiger partial charge in [0.25, 0.3) is 11.6 Å². The number of hydrogen-bond donors (Lipinski definition) is 3. The number of rotatable bonds is 7. The minimum Gasteiger partial charge on any atom is -0.388 e. The first-order valence-electron chi connectivity index (χ1n) is 11.0. The minimum absolute atomic E-state index is 0.0139. The van der Waals surface area contributed by atoms with E-state index in [-0.39, 0.29) is 23.6 Å². The van der Waals surface area contributed by atoms with Gasteiger partial charge in [0.1, 0.15) is 12.3 Å². The molecule has 7 nitrogen and oxygen atoms in total. The molecule has 1 saturated heterocycles. The Kier molecular flexibility index (Phi) is 10.5. The number of alkyl halides is 2. The molecule has 1 heterocycles. The molecule has 2 atom stereocenters. The van der Waals surface area contributed by atoms with Gasteiger partial charge in [-0.15, -0.1) is 0 Å². The molecule has 34 heavy (non-hydrogen) atoms. The molecule has 3 rings (SSSR count). The maximum atomic E-state index is 13.3. The normalized spacial score (nSPS) is 16.1. The van der Waals surface area contributed by atoms with E-state index in [4.69, 9.17) is 5.73 Å². The lowest BCUT2D eigenvalue weighted by molar-refractivity contribution is -0.134. The number of carbonyl (C=O) groups is 3. The summed E-state index contributed by atoms with van der Waals surface area (Å²) in [6.07, 6.45) is 2.59. The van der Waals surface area contributed by atoms with E-state index in [1.54, 1.807) is 0 Å². The first kappa shape index (κ1) is 27.3. The van der Waals surface area contributed by atoms with E-state index in [1.807, 2.05) is 31.3 Å². The van der Waals surface area contributed by atoms with Crippen LogP contribution < -0.4 is 16.4 Å². The van der Waals surface area contributed by atoms with Crippen molar-refractivity contribution >= 4 is 33.0 Å². The van der Waals surface area contributed by atoms with Crippen LogP contribution in [0.25, 0.3) is 0 Å². The summed E-state index contributed by atoms with van der Waals surface area (Å²) in [7, 11) is 3.32. The van der Waals surface area contributed by atoms with Crippen molar-refractivity contribution in [1.82, 2.24) is 10.2 Å². The van der Waals surface area contributed by atoms with Crippen LogP contribution in [0.15, 0.2) is 48.5 Å². The van der Waals surface area contributed by atoms with Gasteiger partial charge >= 0.3 is 0 Å². The lowest BCUT2D eigenvalue weighted by Crippen LogP contribution is -2.47.